The fraction of sp³-hybridized carbons (Fsp3) is 0.951. The highest BCUT2D eigenvalue weighted by atomic mass is 31.2. The molecular weight excluding hydrogens is 651 g/mol. The lowest BCUT2D eigenvalue weighted by molar-refractivity contribution is -0.161. The summed E-state index contributed by atoms with van der Waals surface area (Å²) in [5.74, 6) is 0.0155. The van der Waals surface area contributed by atoms with Crippen LogP contribution in [0.2, 0.25) is 0 Å². The number of rotatable bonds is 39. The molecule has 0 saturated carbocycles. The van der Waals surface area contributed by atoms with Crippen molar-refractivity contribution in [2.75, 3.05) is 13.2 Å². The Kier molecular flexibility index (Phi) is 35.7. The van der Waals surface area contributed by atoms with E-state index in [0.717, 1.165) is 38.0 Å². The molecule has 0 bridgehead atoms. The summed E-state index contributed by atoms with van der Waals surface area (Å²) in [7, 11) is -4.74. The maximum atomic E-state index is 12.4. The molecule has 0 aromatic heterocycles. The van der Waals surface area contributed by atoms with Gasteiger partial charge in [0.1, 0.15) is 6.61 Å². The number of carbonyl (C=O) groups excluding carboxylic acids is 2. The third-order valence-electron chi connectivity index (χ3n) is 9.92. The van der Waals surface area contributed by atoms with Crippen LogP contribution in [0.5, 0.6) is 0 Å². The fourth-order valence-electron chi connectivity index (χ4n) is 6.35. The number of phosphoric acid groups is 1. The summed E-state index contributed by atoms with van der Waals surface area (Å²) >= 11 is 0. The van der Waals surface area contributed by atoms with Crippen LogP contribution >= 0.6 is 7.82 Å². The smallest absolute Gasteiger partial charge is 0.462 e. The van der Waals surface area contributed by atoms with Crippen molar-refractivity contribution in [3.8, 4) is 0 Å². The molecule has 0 aliphatic carbocycles. The fourth-order valence-corrected chi connectivity index (χ4v) is 6.71. The van der Waals surface area contributed by atoms with Gasteiger partial charge in [0.05, 0.1) is 6.61 Å². The lowest BCUT2D eigenvalue weighted by Gasteiger charge is -2.18. The van der Waals surface area contributed by atoms with Crippen molar-refractivity contribution in [1.29, 1.82) is 0 Å². The second-order valence-corrected chi connectivity index (χ2v) is 16.2. The van der Waals surface area contributed by atoms with Crippen molar-refractivity contribution in [2.45, 2.75) is 232 Å². The minimum Gasteiger partial charge on any atom is -0.462 e. The van der Waals surface area contributed by atoms with Crippen LogP contribution in [0, 0.1) is 5.92 Å². The van der Waals surface area contributed by atoms with Gasteiger partial charge in [0.25, 0.3) is 0 Å². The Hall–Kier alpha value is -0.950. The third kappa shape index (κ3) is 38.3. The summed E-state index contributed by atoms with van der Waals surface area (Å²) < 4.78 is 26.4. The zero-order valence-electron chi connectivity index (χ0n) is 33.0. The molecule has 50 heavy (non-hydrogen) atoms. The quantitative estimate of drug-likeness (QED) is 0.0364. The van der Waals surface area contributed by atoms with Crippen LogP contribution in [0.25, 0.3) is 0 Å². The first kappa shape index (κ1) is 49.0. The zero-order valence-corrected chi connectivity index (χ0v) is 33.9. The van der Waals surface area contributed by atoms with Crippen molar-refractivity contribution in [1.82, 2.24) is 0 Å². The molecule has 2 atom stereocenters. The Morgan fingerprint density at radius 1 is 0.520 bits per heavy atom. The van der Waals surface area contributed by atoms with Crippen molar-refractivity contribution in [3.63, 3.8) is 0 Å². The minimum absolute atomic E-state index is 0.219. The van der Waals surface area contributed by atoms with Crippen molar-refractivity contribution < 1.29 is 37.9 Å². The van der Waals surface area contributed by atoms with Crippen molar-refractivity contribution in [3.05, 3.63) is 0 Å². The monoisotopic (exact) mass is 733 g/mol. The second kappa shape index (κ2) is 36.4. The van der Waals surface area contributed by atoms with E-state index < -0.39 is 32.5 Å². The highest BCUT2D eigenvalue weighted by Gasteiger charge is 2.23. The van der Waals surface area contributed by atoms with E-state index in [2.05, 4.69) is 25.3 Å². The maximum absolute atomic E-state index is 12.4. The maximum Gasteiger partial charge on any atom is 0.469 e. The minimum atomic E-state index is -4.74. The number of hydrogen-bond donors (Lipinski definition) is 2. The van der Waals surface area contributed by atoms with E-state index in [1.165, 1.54) is 154 Å². The van der Waals surface area contributed by atoms with Gasteiger partial charge < -0.3 is 19.3 Å². The molecule has 9 heteroatoms. The Morgan fingerprint density at radius 3 is 1.26 bits per heavy atom. The van der Waals surface area contributed by atoms with E-state index in [0.29, 0.717) is 6.42 Å². The largest absolute Gasteiger partial charge is 0.469 e. The average molecular weight is 733 g/mol. The molecule has 0 fully saturated rings. The molecule has 0 spiro atoms. The zero-order chi connectivity index (χ0) is 37.0. The first-order valence-electron chi connectivity index (χ1n) is 21.2. The number of phosphoric ester groups is 1. The summed E-state index contributed by atoms with van der Waals surface area (Å²) in [4.78, 5) is 42.8. The molecule has 0 rings (SSSR count). The first-order chi connectivity index (χ1) is 24.2. The average Bonchev–Trinajstić information content (AvgIpc) is 3.08. The second-order valence-electron chi connectivity index (χ2n) is 14.9. The molecule has 298 valence electrons. The lowest BCUT2D eigenvalue weighted by Crippen LogP contribution is -2.29. The standard InChI is InChI=1S/C41H81O8P/c1-4-6-7-8-9-10-11-12-16-20-23-26-29-32-35-41(43)49-39(37-48-50(44,45)46)36-47-40(42)34-31-28-25-22-19-17-14-13-15-18-21-24-27-30-33-38(3)5-2/h38-39H,4-37H2,1-3H3,(H2,44,45,46)/t38?,39-/m1/s1. The highest BCUT2D eigenvalue weighted by molar-refractivity contribution is 7.46. The van der Waals surface area contributed by atoms with Gasteiger partial charge in [-0.05, 0) is 18.8 Å². The third-order valence-corrected chi connectivity index (χ3v) is 10.4. The molecular formula is C41H81O8P. The van der Waals surface area contributed by atoms with Crippen LogP contribution in [0.4, 0.5) is 0 Å². The molecule has 8 nitrogen and oxygen atoms in total. The van der Waals surface area contributed by atoms with Crippen LogP contribution < -0.4 is 0 Å². The van der Waals surface area contributed by atoms with E-state index in [4.69, 9.17) is 19.3 Å². The van der Waals surface area contributed by atoms with E-state index in [1.807, 2.05) is 0 Å². The van der Waals surface area contributed by atoms with Gasteiger partial charge in [0, 0.05) is 12.8 Å². The SMILES string of the molecule is CCCCCCCCCCCCCCCCC(=O)O[C@H](COC(=O)CCCCCCCCCCCCCCCCC(C)CC)COP(=O)(O)O. The summed E-state index contributed by atoms with van der Waals surface area (Å²) in [6, 6.07) is 0. The van der Waals surface area contributed by atoms with E-state index in [-0.39, 0.29) is 19.4 Å². The topological polar surface area (TPSA) is 119 Å². The summed E-state index contributed by atoms with van der Waals surface area (Å²) in [6.07, 6.45) is 36.7. The number of hydrogen-bond acceptors (Lipinski definition) is 6. The van der Waals surface area contributed by atoms with Crippen LogP contribution in [0.1, 0.15) is 226 Å². The number of unbranched alkanes of at least 4 members (excludes halogenated alkanes) is 26. The number of carbonyl (C=O) groups is 2. The molecule has 0 saturated heterocycles. The van der Waals surface area contributed by atoms with Gasteiger partial charge in [0.2, 0.25) is 0 Å². The Balaban J connectivity index is 3.86. The van der Waals surface area contributed by atoms with Crippen LogP contribution in [-0.2, 0) is 28.2 Å². The Morgan fingerprint density at radius 2 is 0.880 bits per heavy atom. The molecule has 0 amide bonds. The van der Waals surface area contributed by atoms with Gasteiger partial charge in [-0.3, -0.25) is 14.1 Å². The van der Waals surface area contributed by atoms with E-state index >= 15 is 0 Å². The molecule has 2 N–H and O–H groups in total. The highest BCUT2D eigenvalue weighted by Crippen LogP contribution is 2.36. The summed E-state index contributed by atoms with van der Waals surface area (Å²) in [5.41, 5.74) is 0. The van der Waals surface area contributed by atoms with Crippen LogP contribution in [0.3, 0.4) is 0 Å². The van der Waals surface area contributed by atoms with Crippen LogP contribution in [0.15, 0.2) is 0 Å². The molecule has 0 radical (unpaired) electrons. The molecule has 0 aromatic rings. The lowest BCUT2D eigenvalue weighted by atomic mass is 9.99. The van der Waals surface area contributed by atoms with Crippen molar-refractivity contribution in [2.24, 2.45) is 5.92 Å². The molecule has 1 unspecified atom stereocenters. The molecule has 0 aliphatic rings. The Bertz CT molecular complexity index is 801. The van der Waals surface area contributed by atoms with Crippen LogP contribution in [-0.4, -0.2) is 41.0 Å². The number of esters is 2. The predicted molar refractivity (Wildman–Crippen MR) is 207 cm³/mol. The van der Waals surface area contributed by atoms with Gasteiger partial charge in [-0.25, -0.2) is 4.57 Å². The van der Waals surface area contributed by atoms with Gasteiger partial charge in [-0.15, -0.1) is 0 Å². The Labute approximate surface area is 308 Å². The normalized spacial score (nSPS) is 13.0. The molecule has 0 aromatic carbocycles. The van der Waals surface area contributed by atoms with Gasteiger partial charge in [-0.2, -0.15) is 0 Å². The first-order valence-corrected chi connectivity index (χ1v) is 22.8. The predicted octanol–water partition coefficient (Wildman–Crippen LogP) is 12.7. The van der Waals surface area contributed by atoms with Gasteiger partial charge in [-0.1, -0.05) is 201 Å². The summed E-state index contributed by atoms with van der Waals surface area (Å²) in [5, 5.41) is 0. The molecule has 0 aliphatic heterocycles. The summed E-state index contributed by atoms with van der Waals surface area (Å²) in [6.45, 7) is 6.09. The van der Waals surface area contributed by atoms with E-state index in [9.17, 15) is 14.2 Å². The van der Waals surface area contributed by atoms with Crippen molar-refractivity contribution >= 4 is 19.8 Å². The van der Waals surface area contributed by atoms with Gasteiger partial charge in [0.15, 0.2) is 6.10 Å². The molecule has 0 heterocycles. The van der Waals surface area contributed by atoms with Gasteiger partial charge >= 0.3 is 19.8 Å². The number of ether oxygens (including phenoxy) is 2. The van der Waals surface area contributed by atoms with E-state index in [1.54, 1.807) is 0 Å².